The first-order valence-corrected chi connectivity index (χ1v) is 7.89. The molecule has 0 spiro atoms. The summed E-state index contributed by atoms with van der Waals surface area (Å²) in [7, 11) is 0. The minimum atomic E-state index is -0.585. The molecule has 7 nitrogen and oxygen atoms in total. The highest BCUT2D eigenvalue weighted by molar-refractivity contribution is 5.94. The largest absolute Gasteiger partial charge is 0.482 e. The molecule has 3 aromatic rings. The molecule has 0 saturated heterocycles. The normalized spacial score (nSPS) is 10.3. The van der Waals surface area contributed by atoms with Crippen molar-refractivity contribution in [1.82, 2.24) is 10.2 Å². The van der Waals surface area contributed by atoms with Gasteiger partial charge in [0.1, 0.15) is 5.75 Å². The van der Waals surface area contributed by atoms with Crippen molar-refractivity contribution in [3.8, 4) is 17.2 Å². The maximum atomic E-state index is 11.8. The maximum absolute atomic E-state index is 11.8. The summed E-state index contributed by atoms with van der Waals surface area (Å²) in [5.41, 5.74) is 1.29. The zero-order chi connectivity index (χ0) is 18.4. The molecular formula is C19H16N2O5. The van der Waals surface area contributed by atoms with Gasteiger partial charge in [0.25, 0.3) is 5.89 Å². The van der Waals surface area contributed by atoms with Crippen LogP contribution < -0.4 is 4.74 Å². The second-order valence-electron chi connectivity index (χ2n) is 5.40. The zero-order valence-corrected chi connectivity index (χ0v) is 14.0. The molecule has 0 N–H and O–H groups in total. The molecule has 1 heterocycles. The summed E-state index contributed by atoms with van der Waals surface area (Å²) in [6.45, 7) is 1.03. The van der Waals surface area contributed by atoms with Gasteiger partial charge in [0.2, 0.25) is 5.89 Å². The molecule has 0 radical (unpaired) electrons. The fourth-order valence-electron chi connectivity index (χ4n) is 2.14. The lowest BCUT2D eigenvalue weighted by atomic mass is 10.1. The maximum Gasteiger partial charge on any atom is 0.344 e. The third-order valence-corrected chi connectivity index (χ3v) is 3.44. The third-order valence-electron chi connectivity index (χ3n) is 3.44. The molecule has 1 aromatic heterocycles. The summed E-state index contributed by atoms with van der Waals surface area (Å²) in [6.07, 6.45) is 0. The van der Waals surface area contributed by atoms with Gasteiger partial charge in [-0.15, -0.1) is 10.2 Å². The van der Waals surface area contributed by atoms with Crippen molar-refractivity contribution in [2.75, 3.05) is 6.61 Å². The number of aromatic nitrogens is 2. The second kappa shape index (κ2) is 8.06. The molecule has 0 amide bonds. The van der Waals surface area contributed by atoms with Crippen LogP contribution in [0.25, 0.3) is 11.5 Å². The molecule has 0 aliphatic heterocycles. The van der Waals surface area contributed by atoms with Crippen molar-refractivity contribution in [1.29, 1.82) is 0 Å². The van der Waals surface area contributed by atoms with Gasteiger partial charge in [-0.05, 0) is 31.2 Å². The van der Waals surface area contributed by atoms with E-state index >= 15 is 0 Å². The Kier molecular flexibility index (Phi) is 5.38. The van der Waals surface area contributed by atoms with E-state index in [1.54, 1.807) is 24.3 Å². The number of benzene rings is 2. The Hall–Kier alpha value is -3.48. The zero-order valence-electron chi connectivity index (χ0n) is 14.0. The Morgan fingerprint density at radius 2 is 1.85 bits per heavy atom. The van der Waals surface area contributed by atoms with E-state index in [1.807, 2.05) is 30.3 Å². The van der Waals surface area contributed by atoms with Crippen LogP contribution in [-0.4, -0.2) is 28.6 Å². The minimum Gasteiger partial charge on any atom is -0.482 e. The predicted molar refractivity (Wildman–Crippen MR) is 91.5 cm³/mol. The van der Waals surface area contributed by atoms with Gasteiger partial charge in [-0.1, -0.05) is 30.3 Å². The van der Waals surface area contributed by atoms with E-state index in [-0.39, 0.29) is 24.9 Å². The molecule has 3 rings (SSSR count). The Labute approximate surface area is 149 Å². The molecule has 0 aliphatic rings. The van der Waals surface area contributed by atoms with Gasteiger partial charge < -0.3 is 13.9 Å². The molecule has 132 valence electrons. The molecule has 7 heteroatoms. The van der Waals surface area contributed by atoms with Crippen molar-refractivity contribution in [3.63, 3.8) is 0 Å². The van der Waals surface area contributed by atoms with E-state index in [0.717, 1.165) is 5.56 Å². The number of rotatable bonds is 7. The van der Waals surface area contributed by atoms with Crippen LogP contribution in [0, 0.1) is 0 Å². The first-order chi connectivity index (χ1) is 12.6. The van der Waals surface area contributed by atoms with Gasteiger partial charge in [-0.3, -0.25) is 4.79 Å². The van der Waals surface area contributed by atoms with E-state index in [0.29, 0.717) is 17.2 Å². The molecule has 26 heavy (non-hydrogen) atoms. The van der Waals surface area contributed by atoms with Crippen LogP contribution >= 0.6 is 0 Å². The number of carbonyl (C=O) groups is 2. The van der Waals surface area contributed by atoms with E-state index in [1.165, 1.54) is 6.92 Å². The van der Waals surface area contributed by atoms with Crippen LogP contribution in [0.1, 0.15) is 23.2 Å². The molecule has 0 bridgehead atoms. The van der Waals surface area contributed by atoms with Gasteiger partial charge in [-0.2, -0.15) is 0 Å². The van der Waals surface area contributed by atoms with Crippen LogP contribution in [-0.2, 0) is 16.1 Å². The molecule has 2 aromatic carbocycles. The lowest BCUT2D eigenvalue weighted by Crippen LogP contribution is -2.15. The summed E-state index contributed by atoms with van der Waals surface area (Å²) in [4.78, 5) is 23.1. The van der Waals surface area contributed by atoms with Crippen molar-refractivity contribution < 1.29 is 23.5 Å². The monoisotopic (exact) mass is 352 g/mol. The number of carbonyl (C=O) groups excluding carboxylic acids is 2. The summed E-state index contributed by atoms with van der Waals surface area (Å²) in [6, 6.07) is 15.9. The van der Waals surface area contributed by atoms with Crippen molar-refractivity contribution >= 4 is 11.8 Å². The molecule has 0 aliphatic carbocycles. The average Bonchev–Trinajstić information content (AvgIpc) is 3.15. The molecule has 0 fully saturated rings. The summed E-state index contributed by atoms with van der Waals surface area (Å²) < 4.78 is 15.8. The number of Topliss-reactive ketones (excluding diaryl/α,β-unsaturated/α-hetero) is 1. The van der Waals surface area contributed by atoms with Crippen LogP contribution in [0.2, 0.25) is 0 Å². The first-order valence-electron chi connectivity index (χ1n) is 7.89. The highest BCUT2D eigenvalue weighted by Gasteiger charge is 2.11. The minimum absolute atomic E-state index is 0.0800. The molecule has 0 unspecified atom stereocenters. The quantitative estimate of drug-likeness (QED) is 0.476. The Bertz CT molecular complexity index is 905. The molecule has 0 saturated carbocycles. The lowest BCUT2D eigenvalue weighted by molar-refractivity contribution is -0.148. The van der Waals surface area contributed by atoms with E-state index < -0.39 is 5.97 Å². The topological polar surface area (TPSA) is 91.5 Å². The standard InChI is InChI=1S/C19H16N2O5/c1-13(22)15-8-5-9-16(10-15)24-12-18(23)25-11-17-20-21-19(26-17)14-6-3-2-4-7-14/h2-10H,11-12H2,1H3. The SMILES string of the molecule is CC(=O)c1cccc(OCC(=O)OCc2nnc(-c3ccccc3)o2)c1. The van der Waals surface area contributed by atoms with Crippen LogP contribution in [0.5, 0.6) is 5.75 Å². The Morgan fingerprint density at radius 1 is 1.04 bits per heavy atom. The van der Waals surface area contributed by atoms with Gasteiger partial charge in [0, 0.05) is 11.1 Å². The molecule has 0 atom stereocenters. The first kappa shape index (κ1) is 17.3. The fraction of sp³-hybridized carbons (Fsp3) is 0.158. The molecular weight excluding hydrogens is 336 g/mol. The van der Waals surface area contributed by atoms with Gasteiger partial charge in [-0.25, -0.2) is 4.79 Å². The number of esters is 1. The predicted octanol–water partition coefficient (Wildman–Crippen LogP) is 3.06. The van der Waals surface area contributed by atoms with Gasteiger partial charge >= 0.3 is 5.97 Å². The number of hydrogen-bond acceptors (Lipinski definition) is 7. The lowest BCUT2D eigenvalue weighted by Gasteiger charge is -2.06. The van der Waals surface area contributed by atoms with Crippen molar-refractivity contribution in [2.24, 2.45) is 0 Å². The Balaban J connectivity index is 1.49. The average molecular weight is 352 g/mol. The smallest absolute Gasteiger partial charge is 0.344 e. The highest BCUT2D eigenvalue weighted by atomic mass is 16.6. The van der Waals surface area contributed by atoms with Crippen molar-refractivity contribution in [2.45, 2.75) is 13.5 Å². The van der Waals surface area contributed by atoms with Crippen molar-refractivity contribution in [3.05, 3.63) is 66.1 Å². The second-order valence-corrected chi connectivity index (χ2v) is 5.40. The summed E-state index contributed by atoms with van der Waals surface area (Å²) >= 11 is 0. The Morgan fingerprint density at radius 3 is 2.62 bits per heavy atom. The number of ketones is 1. The van der Waals surface area contributed by atoms with Crippen LogP contribution in [0.4, 0.5) is 0 Å². The fourth-order valence-corrected chi connectivity index (χ4v) is 2.14. The van der Waals surface area contributed by atoms with E-state index in [4.69, 9.17) is 13.9 Å². The number of ether oxygens (including phenoxy) is 2. The number of hydrogen-bond donors (Lipinski definition) is 0. The highest BCUT2D eigenvalue weighted by Crippen LogP contribution is 2.17. The van der Waals surface area contributed by atoms with E-state index in [2.05, 4.69) is 10.2 Å². The van der Waals surface area contributed by atoms with Gasteiger partial charge in [0.05, 0.1) is 0 Å². The van der Waals surface area contributed by atoms with E-state index in [9.17, 15) is 9.59 Å². The van der Waals surface area contributed by atoms with Crippen LogP contribution in [0.15, 0.2) is 59.0 Å². The summed E-state index contributed by atoms with van der Waals surface area (Å²) in [5, 5.41) is 7.75. The van der Waals surface area contributed by atoms with Crippen LogP contribution in [0.3, 0.4) is 0 Å². The van der Waals surface area contributed by atoms with Gasteiger partial charge in [0.15, 0.2) is 19.0 Å². The third kappa shape index (κ3) is 4.54. The summed E-state index contributed by atoms with van der Waals surface area (Å²) in [5.74, 6) is 0.296. The number of nitrogens with zero attached hydrogens (tertiary/aromatic N) is 2.